The summed E-state index contributed by atoms with van der Waals surface area (Å²) in [6.45, 7) is 3.06. The van der Waals surface area contributed by atoms with E-state index in [-0.39, 0.29) is 6.10 Å². The normalized spacial score (nSPS) is 19.9. The van der Waals surface area contributed by atoms with Crippen LogP contribution in [-0.4, -0.2) is 48.3 Å². The number of methoxy groups -OCH3 is 1. The van der Waals surface area contributed by atoms with E-state index in [1.807, 2.05) is 17.8 Å². The molecule has 0 aliphatic carbocycles. The Morgan fingerprint density at radius 1 is 1.61 bits per heavy atom. The van der Waals surface area contributed by atoms with Gasteiger partial charge in [-0.2, -0.15) is 11.8 Å². The van der Waals surface area contributed by atoms with Crippen LogP contribution in [0.25, 0.3) is 0 Å². The van der Waals surface area contributed by atoms with Crippen molar-refractivity contribution in [3.8, 4) is 0 Å². The van der Waals surface area contributed by atoms with Crippen LogP contribution in [-0.2, 0) is 16.0 Å². The van der Waals surface area contributed by atoms with Crippen molar-refractivity contribution in [2.24, 2.45) is 0 Å². The number of aromatic nitrogens is 2. The lowest BCUT2D eigenvalue weighted by Gasteiger charge is -2.21. The first kappa shape index (κ1) is 13.7. The molecule has 2 heterocycles. The van der Waals surface area contributed by atoms with Crippen molar-refractivity contribution in [3.05, 3.63) is 23.8 Å². The molecule has 1 aromatic heterocycles. The minimum absolute atomic E-state index is 0.0441. The van der Waals surface area contributed by atoms with E-state index >= 15 is 0 Å². The van der Waals surface area contributed by atoms with Crippen molar-refractivity contribution in [2.75, 3.05) is 38.4 Å². The Labute approximate surface area is 112 Å². The predicted octanol–water partition coefficient (Wildman–Crippen LogP) is 1.02. The summed E-state index contributed by atoms with van der Waals surface area (Å²) in [4.78, 5) is 8.85. The Morgan fingerprint density at radius 3 is 3.33 bits per heavy atom. The van der Waals surface area contributed by atoms with Crippen molar-refractivity contribution in [3.63, 3.8) is 0 Å². The van der Waals surface area contributed by atoms with Gasteiger partial charge >= 0.3 is 0 Å². The average Bonchev–Trinajstić information content (AvgIpc) is 2.45. The topological polar surface area (TPSA) is 56.3 Å². The van der Waals surface area contributed by atoms with Gasteiger partial charge < -0.3 is 14.8 Å². The highest BCUT2D eigenvalue weighted by atomic mass is 32.2. The SMILES string of the molecule is COCCNCc1ccnc(C2CSCCO2)n1. The molecule has 1 aliphatic rings. The quantitative estimate of drug-likeness (QED) is 0.778. The first-order valence-electron chi connectivity index (χ1n) is 6.11. The van der Waals surface area contributed by atoms with Gasteiger partial charge in [-0.15, -0.1) is 0 Å². The maximum absolute atomic E-state index is 5.68. The lowest BCUT2D eigenvalue weighted by Crippen LogP contribution is -2.21. The molecule has 0 aromatic carbocycles. The lowest BCUT2D eigenvalue weighted by molar-refractivity contribution is 0.0692. The van der Waals surface area contributed by atoms with Gasteiger partial charge in [0.1, 0.15) is 6.10 Å². The Morgan fingerprint density at radius 2 is 2.56 bits per heavy atom. The number of nitrogens with one attached hydrogen (secondary N) is 1. The monoisotopic (exact) mass is 269 g/mol. The number of rotatable bonds is 6. The summed E-state index contributed by atoms with van der Waals surface area (Å²) in [7, 11) is 1.70. The van der Waals surface area contributed by atoms with Gasteiger partial charge in [-0.1, -0.05) is 0 Å². The zero-order valence-corrected chi connectivity index (χ0v) is 11.4. The van der Waals surface area contributed by atoms with Crippen molar-refractivity contribution < 1.29 is 9.47 Å². The highest BCUT2D eigenvalue weighted by Crippen LogP contribution is 2.23. The van der Waals surface area contributed by atoms with Crippen molar-refractivity contribution in [1.82, 2.24) is 15.3 Å². The maximum Gasteiger partial charge on any atom is 0.158 e. The first-order chi connectivity index (χ1) is 8.90. The molecular weight excluding hydrogens is 250 g/mol. The summed E-state index contributed by atoms with van der Waals surface area (Å²) < 4.78 is 10.7. The summed E-state index contributed by atoms with van der Waals surface area (Å²) in [5, 5.41) is 3.27. The van der Waals surface area contributed by atoms with Gasteiger partial charge in [0.25, 0.3) is 0 Å². The fraction of sp³-hybridized carbons (Fsp3) is 0.667. The molecule has 1 aromatic rings. The third-order valence-corrected chi connectivity index (χ3v) is 3.62. The molecule has 1 saturated heterocycles. The lowest BCUT2D eigenvalue weighted by atomic mass is 10.3. The van der Waals surface area contributed by atoms with Gasteiger partial charge in [-0.05, 0) is 6.07 Å². The van der Waals surface area contributed by atoms with Gasteiger partial charge in [0, 0.05) is 37.9 Å². The van der Waals surface area contributed by atoms with Crippen LogP contribution in [0.1, 0.15) is 17.6 Å². The number of ether oxygens (including phenoxy) is 2. The maximum atomic E-state index is 5.68. The highest BCUT2D eigenvalue weighted by Gasteiger charge is 2.19. The largest absolute Gasteiger partial charge is 0.383 e. The van der Waals surface area contributed by atoms with Crippen LogP contribution >= 0.6 is 11.8 Å². The van der Waals surface area contributed by atoms with Crippen molar-refractivity contribution in [1.29, 1.82) is 0 Å². The molecule has 1 atom stereocenters. The minimum atomic E-state index is 0.0441. The molecule has 1 N–H and O–H groups in total. The van der Waals surface area contributed by atoms with E-state index < -0.39 is 0 Å². The first-order valence-corrected chi connectivity index (χ1v) is 7.26. The minimum Gasteiger partial charge on any atom is -0.383 e. The third-order valence-electron chi connectivity index (χ3n) is 2.62. The van der Waals surface area contributed by atoms with E-state index in [0.29, 0.717) is 6.61 Å². The molecule has 2 rings (SSSR count). The molecule has 0 amide bonds. The molecule has 1 aliphatic heterocycles. The van der Waals surface area contributed by atoms with Crippen molar-refractivity contribution >= 4 is 11.8 Å². The molecule has 1 fully saturated rings. The summed E-state index contributed by atoms with van der Waals surface area (Å²) in [6, 6.07) is 1.93. The fourth-order valence-corrected chi connectivity index (χ4v) is 2.53. The second kappa shape index (κ2) is 7.68. The second-order valence-electron chi connectivity index (χ2n) is 4.01. The van der Waals surface area contributed by atoms with Crippen molar-refractivity contribution in [2.45, 2.75) is 12.6 Å². The number of nitrogens with zero attached hydrogens (tertiary/aromatic N) is 2. The van der Waals surface area contributed by atoms with Crippen LogP contribution in [0.15, 0.2) is 12.3 Å². The van der Waals surface area contributed by atoms with Crippen LogP contribution in [0.5, 0.6) is 0 Å². The average molecular weight is 269 g/mol. The highest BCUT2D eigenvalue weighted by molar-refractivity contribution is 7.99. The molecule has 6 heteroatoms. The zero-order valence-electron chi connectivity index (χ0n) is 10.6. The van der Waals surface area contributed by atoms with E-state index in [2.05, 4.69) is 15.3 Å². The van der Waals surface area contributed by atoms with E-state index in [1.54, 1.807) is 13.3 Å². The fourth-order valence-electron chi connectivity index (χ4n) is 1.69. The molecule has 1 unspecified atom stereocenters. The summed E-state index contributed by atoms with van der Waals surface area (Å²) in [6.07, 6.45) is 1.85. The van der Waals surface area contributed by atoms with Gasteiger partial charge in [0.2, 0.25) is 0 Å². The van der Waals surface area contributed by atoms with E-state index in [9.17, 15) is 0 Å². The van der Waals surface area contributed by atoms with E-state index in [1.165, 1.54) is 0 Å². The van der Waals surface area contributed by atoms with Gasteiger partial charge in [0.05, 0.1) is 18.9 Å². The number of hydrogen-bond donors (Lipinski definition) is 1. The van der Waals surface area contributed by atoms with Gasteiger partial charge in [-0.3, -0.25) is 0 Å². The summed E-state index contributed by atoms with van der Waals surface area (Å²) >= 11 is 1.89. The van der Waals surface area contributed by atoms with E-state index in [0.717, 1.165) is 42.7 Å². The summed E-state index contributed by atoms with van der Waals surface area (Å²) in [5.41, 5.74) is 0.996. The third kappa shape index (κ3) is 4.20. The predicted molar refractivity (Wildman–Crippen MR) is 71.6 cm³/mol. The zero-order chi connectivity index (χ0) is 12.6. The van der Waals surface area contributed by atoms with Gasteiger partial charge in [-0.25, -0.2) is 9.97 Å². The molecule has 5 nitrogen and oxygen atoms in total. The number of thioether (sulfide) groups is 1. The van der Waals surface area contributed by atoms with Crippen LogP contribution in [0.4, 0.5) is 0 Å². The molecular formula is C12H19N3O2S. The molecule has 0 radical (unpaired) electrons. The Kier molecular flexibility index (Phi) is 5.86. The number of hydrogen-bond acceptors (Lipinski definition) is 6. The standard InChI is InChI=1S/C12H19N3O2S/c1-16-5-4-13-8-10-2-3-14-12(15-10)11-9-18-7-6-17-11/h2-3,11,13H,4-9H2,1H3. The Bertz CT molecular complexity index is 359. The molecule has 18 heavy (non-hydrogen) atoms. The molecule has 0 spiro atoms. The molecule has 0 saturated carbocycles. The Hall–Kier alpha value is -0.690. The molecule has 100 valence electrons. The van der Waals surface area contributed by atoms with Crippen LogP contribution in [0.2, 0.25) is 0 Å². The van der Waals surface area contributed by atoms with Crippen LogP contribution < -0.4 is 5.32 Å². The van der Waals surface area contributed by atoms with Gasteiger partial charge in [0.15, 0.2) is 5.82 Å². The van der Waals surface area contributed by atoms with E-state index in [4.69, 9.17) is 9.47 Å². The smallest absolute Gasteiger partial charge is 0.158 e. The van der Waals surface area contributed by atoms with Crippen LogP contribution in [0, 0.1) is 0 Å². The van der Waals surface area contributed by atoms with Crippen LogP contribution in [0.3, 0.4) is 0 Å². The second-order valence-corrected chi connectivity index (χ2v) is 5.16. The molecule has 0 bridgehead atoms. The Balaban J connectivity index is 1.88. The summed E-state index contributed by atoms with van der Waals surface area (Å²) in [5.74, 6) is 2.81.